The monoisotopic (exact) mass is 242 g/mol. The quantitative estimate of drug-likeness (QED) is 0.779. The van der Waals surface area contributed by atoms with Crippen molar-refractivity contribution >= 4 is 17.4 Å². The van der Waals surface area contributed by atoms with Gasteiger partial charge in [0.2, 0.25) is 0 Å². The van der Waals surface area contributed by atoms with Crippen LogP contribution >= 0.6 is 11.6 Å². The standard InChI is InChI=1S/C13H16ClFO/c1-9(16)7-13(2,3)8-10-4-5-11(15)6-12(10)14/h4-6H,7-8H2,1-3H3. The van der Waals surface area contributed by atoms with E-state index in [1.54, 1.807) is 13.0 Å². The van der Waals surface area contributed by atoms with Gasteiger partial charge in [-0.05, 0) is 36.5 Å². The molecular formula is C13H16ClFO. The normalized spacial score (nSPS) is 11.6. The van der Waals surface area contributed by atoms with Gasteiger partial charge in [0, 0.05) is 11.4 Å². The van der Waals surface area contributed by atoms with E-state index in [0.29, 0.717) is 17.9 Å². The van der Waals surface area contributed by atoms with E-state index in [4.69, 9.17) is 11.6 Å². The van der Waals surface area contributed by atoms with Crippen LogP contribution in [0.15, 0.2) is 18.2 Å². The summed E-state index contributed by atoms with van der Waals surface area (Å²) in [4.78, 5) is 11.1. The van der Waals surface area contributed by atoms with Gasteiger partial charge in [-0.25, -0.2) is 4.39 Å². The minimum absolute atomic E-state index is 0.146. The fourth-order valence-electron chi connectivity index (χ4n) is 1.92. The molecule has 0 aliphatic heterocycles. The Labute approximate surface area is 101 Å². The molecule has 0 aromatic heterocycles. The molecule has 1 aromatic carbocycles. The maximum Gasteiger partial charge on any atom is 0.130 e. The molecule has 0 saturated heterocycles. The van der Waals surface area contributed by atoms with Gasteiger partial charge in [-0.3, -0.25) is 0 Å². The van der Waals surface area contributed by atoms with Crippen LogP contribution in [0.2, 0.25) is 5.02 Å². The van der Waals surface area contributed by atoms with E-state index in [-0.39, 0.29) is 17.0 Å². The number of hydrogen-bond donors (Lipinski definition) is 0. The van der Waals surface area contributed by atoms with Gasteiger partial charge >= 0.3 is 0 Å². The molecule has 0 spiro atoms. The van der Waals surface area contributed by atoms with Gasteiger partial charge in [0.1, 0.15) is 11.6 Å². The average molecular weight is 243 g/mol. The molecule has 1 rings (SSSR count). The lowest BCUT2D eigenvalue weighted by Gasteiger charge is -2.23. The first-order valence-electron chi connectivity index (χ1n) is 5.23. The zero-order chi connectivity index (χ0) is 12.3. The number of carbonyl (C=O) groups is 1. The molecular weight excluding hydrogens is 227 g/mol. The van der Waals surface area contributed by atoms with Crippen LogP contribution in [0.25, 0.3) is 0 Å². The molecule has 0 aliphatic rings. The average Bonchev–Trinajstić information content (AvgIpc) is 2.07. The Morgan fingerprint density at radius 1 is 1.44 bits per heavy atom. The number of hydrogen-bond acceptors (Lipinski definition) is 1. The van der Waals surface area contributed by atoms with Crippen molar-refractivity contribution in [1.29, 1.82) is 0 Å². The zero-order valence-electron chi connectivity index (χ0n) is 9.81. The number of benzene rings is 1. The van der Waals surface area contributed by atoms with Crippen molar-refractivity contribution < 1.29 is 9.18 Å². The fraction of sp³-hybridized carbons (Fsp3) is 0.462. The van der Waals surface area contributed by atoms with E-state index < -0.39 is 0 Å². The molecule has 0 atom stereocenters. The van der Waals surface area contributed by atoms with Crippen LogP contribution in [-0.4, -0.2) is 5.78 Å². The summed E-state index contributed by atoms with van der Waals surface area (Å²) in [6.07, 6.45) is 1.17. The summed E-state index contributed by atoms with van der Waals surface area (Å²) in [7, 11) is 0. The maximum absolute atomic E-state index is 12.9. The zero-order valence-corrected chi connectivity index (χ0v) is 10.6. The Balaban J connectivity index is 2.83. The Hall–Kier alpha value is -0.890. The Kier molecular flexibility index (Phi) is 4.09. The van der Waals surface area contributed by atoms with Gasteiger partial charge in [0.15, 0.2) is 0 Å². The molecule has 0 amide bonds. The highest BCUT2D eigenvalue weighted by atomic mass is 35.5. The maximum atomic E-state index is 12.9. The predicted molar refractivity (Wildman–Crippen MR) is 64.2 cm³/mol. The van der Waals surface area contributed by atoms with Crippen molar-refractivity contribution in [2.45, 2.75) is 33.6 Å². The molecule has 0 saturated carbocycles. The smallest absolute Gasteiger partial charge is 0.130 e. The predicted octanol–water partition coefficient (Wildman–Crippen LogP) is 4.03. The fourth-order valence-corrected chi connectivity index (χ4v) is 2.15. The van der Waals surface area contributed by atoms with E-state index in [2.05, 4.69) is 0 Å². The number of rotatable bonds is 4. The van der Waals surface area contributed by atoms with Crippen molar-refractivity contribution in [2.75, 3.05) is 0 Å². The van der Waals surface area contributed by atoms with Crippen LogP contribution in [0.5, 0.6) is 0 Å². The summed E-state index contributed by atoms with van der Waals surface area (Å²) < 4.78 is 12.9. The lowest BCUT2D eigenvalue weighted by atomic mass is 9.81. The Morgan fingerprint density at radius 2 is 2.06 bits per heavy atom. The highest BCUT2D eigenvalue weighted by Crippen LogP contribution is 2.29. The molecule has 1 aromatic rings. The highest BCUT2D eigenvalue weighted by Gasteiger charge is 2.21. The second kappa shape index (κ2) is 4.96. The minimum atomic E-state index is -0.335. The molecule has 0 N–H and O–H groups in total. The Bertz CT molecular complexity index is 399. The summed E-state index contributed by atoms with van der Waals surface area (Å²) in [6.45, 7) is 5.59. The molecule has 16 heavy (non-hydrogen) atoms. The lowest BCUT2D eigenvalue weighted by molar-refractivity contribution is -0.118. The molecule has 88 valence electrons. The third-order valence-electron chi connectivity index (χ3n) is 2.41. The van der Waals surface area contributed by atoms with Gasteiger partial charge in [0.05, 0.1) is 0 Å². The minimum Gasteiger partial charge on any atom is -0.300 e. The van der Waals surface area contributed by atoms with Crippen molar-refractivity contribution in [3.05, 3.63) is 34.6 Å². The third-order valence-corrected chi connectivity index (χ3v) is 2.76. The summed E-state index contributed by atoms with van der Waals surface area (Å²) in [5.41, 5.74) is 0.738. The van der Waals surface area contributed by atoms with Crippen LogP contribution < -0.4 is 0 Å². The van der Waals surface area contributed by atoms with Gasteiger partial charge < -0.3 is 4.79 Å². The van der Waals surface area contributed by atoms with Crippen LogP contribution in [0.1, 0.15) is 32.8 Å². The number of ketones is 1. The summed E-state index contributed by atoms with van der Waals surface area (Å²) in [5.74, 6) is -0.179. The van der Waals surface area contributed by atoms with Gasteiger partial charge in [-0.2, -0.15) is 0 Å². The first-order chi connectivity index (χ1) is 7.30. The molecule has 0 fully saturated rings. The second-order valence-electron chi connectivity index (χ2n) is 4.96. The van der Waals surface area contributed by atoms with E-state index in [1.807, 2.05) is 13.8 Å². The number of carbonyl (C=O) groups excluding carboxylic acids is 1. The largest absolute Gasteiger partial charge is 0.300 e. The summed E-state index contributed by atoms with van der Waals surface area (Å²) >= 11 is 5.95. The van der Waals surface area contributed by atoms with Crippen molar-refractivity contribution in [2.24, 2.45) is 5.41 Å². The van der Waals surface area contributed by atoms with Crippen molar-refractivity contribution in [1.82, 2.24) is 0 Å². The van der Waals surface area contributed by atoms with Crippen LogP contribution in [0.3, 0.4) is 0 Å². The molecule has 0 unspecified atom stereocenters. The van der Waals surface area contributed by atoms with Crippen molar-refractivity contribution in [3.8, 4) is 0 Å². The van der Waals surface area contributed by atoms with Gasteiger partial charge in [0.25, 0.3) is 0 Å². The van der Waals surface area contributed by atoms with Crippen molar-refractivity contribution in [3.63, 3.8) is 0 Å². The van der Waals surface area contributed by atoms with E-state index in [9.17, 15) is 9.18 Å². The van der Waals surface area contributed by atoms with Gasteiger partial charge in [-0.1, -0.05) is 31.5 Å². The summed E-state index contributed by atoms with van der Waals surface area (Å²) in [5, 5.41) is 0.427. The highest BCUT2D eigenvalue weighted by molar-refractivity contribution is 6.31. The second-order valence-corrected chi connectivity index (χ2v) is 5.36. The first-order valence-corrected chi connectivity index (χ1v) is 5.61. The Morgan fingerprint density at radius 3 is 2.56 bits per heavy atom. The van der Waals surface area contributed by atoms with E-state index in [0.717, 1.165) is 5.56 Å². The van der Waals surface area contributed by atoms with Crippen LogP contribution in [0.4, 0.5) is 4.39 Å². The SMILES string of the molecule is CC(=O)CC(C)(C)Cc1ccc(F)cc1Cl. The lowest BCUT2D eigenvalue weighted by Crippen LogP contribution is -2.18. The van der Waals surface area contributed by atoms with Crippen LogP contribution in [0, 0.1) is 11.2 Å². The third kappa shape index (κ3) is 3.93. The molecule has 0 radical (unpaired) electrons. The molecule has 0 bridgehead atoms. The topological polar surface area (TPSA) is 17.1 Å². The van der Waals surface area contributed by atoms with Crippen LogP contribution in [-0.2, 0) is 11.2 Å². The number of halogens is 2. The van der Waals surface area contributed by atoms with E-state index in [1.165, 1.54) is 12.1 Å². The molecule has 3 heteroatoms. The van der Waals surface area contributed by atoms with E-state index >= 15 is 0 Å². The summed E-state index contributed by atoms with van der Waals surface area (Å²) in [6, 6.07) is 4.38. The molecule has 1 nitrogen and oxygen atoms in total. The van der Waals surface area contributed by atoms with Gasteiger partial charge in [-0.15, -0.1) is 0 Å². The first kappa shape index (κ1) is 13.2. The number of Topliss-reactive ketones (excluding diaryl/α,β-unsaturated/α-hetero) is 1. The molecule has 0 aliphatic carbocycles. The molecule has 0 heterocycles.